The predicted molar refractivity (Wildman–Crippen MR) is 78.5 cm³/mol. The highest BCUT2D eigenvalue weighted by Gasteiger charge is 2.35. The quantitative estimate of drug-likeness (QED) is 0.584. The summed E-state index contributed by atoms with van der Waals surface area (Å²) in [6, 6.07) is 9.28. The molecule has 0 aliphatic rings. The topological polar surface area (TPSA) is 39.3 Å². The summed E-state index contributed by atoms with van der Waals surface area (Å²) >= 11 is 1.82. The monoisotopic (exact) mass is 405 g/mol. The van der Waals surface area contributed by atoms with E-state index in [4.69, 9.17) is 0 Å². The van der Waals surface area contributed by atoms with Crippen LogP contribution in [0.2, 0.25) is 0 Å². The first kappa shape index (κ1) is 14.1. The molecule has 2 aromatic heterocycles. The van der Waals surface area contributed by atoms with Gasteiger partial charge in [0.1, 0.15) is 5.52 Å². The van der Waals surface area contributed by atoms with E-state index in [0.717, 1.165) is 21.3 Å². The van der Waals surface area contributed by atoms with Crippen LogP contribution in [0.15, 0.2) is 47.4 Å². The minimum atomic E-state index is -4.60. The van der Waals surface area contributed by atoms with Gasteiger partial charge in [0.25, 0.3) is 5.56 Å². The normalized spacial score (nSPS) is 12.0. The van der Waals surface area contributed by atoms with Crippen LogP contribution in [0.1, 0.15) is 5.56 Å². The van der Waals surface area contributed by atoms with Crippen LogP contribution in [0.25, 0.3) is 11.2 Å². The van der Waals surface area contributed by atoms with Crippen LogP contribution >= 0.6 is 22.6 Å². The van der Waals surface area contributed by atoms with Gasteiger partial charge in [0.2, 0.25) is 0 Å². The van der Waals surface area contributed by atoms with Crippen LogP contribution in [-0.2, 0) is 6.18 Å². The summed E-state index contributed by atoms with van der Waals surface area (Å²) in [6.07, 6.45) is -3.46. The molecule has 0 bridgehead atoms. The van der Waals surface area contributed by atoms with E-state index in [-0.39, 0.29) is 3.83 Å². The minimum absolute atomic E-state index is 0.278. The van der Waals surface area contributed by atoms with E-state index in [1.165, 1.54) is 0 Å². The Morgan fingerprint density at radius 2 is 1.76 bits per heavy atom. The lowest BCUT2D eigenvalue weighted by Gasteiger charge is -2.10. The molecule has 0 saturated heterocycles. The molecule has 0 saturated carbocycles. The Labute approximate surface area is 130 Å². The second kappa shape index (κ2) is 4.86. The highest BCUT2D eigenvalue weighted by Crippen LogP contribution is 2.31. The Kier molecular flexibility index (Phi) is 3.27. The number of fused-ring (bicyclic) bond motifs is 1. The summed E-state index contributed by atoms with van der Waals surface area (Å²) in [5.41, 5.74) is -1.75. The van der Waals surface area contributed by atoms with E-state index in [2.05, 4.69) is 5.10 Å². The molecule has 8 heteroatoms. The van der Waals surface area contributed by atoms with E-state index in [9.17, 15) is 18.0 Å². The number of hydrogen-bond acceptors (Lipinski definition) is 2. The van der Waals surface area contributed by atoms with Crippen LogP contribution in [0, 0.1) is 3.83 Å². The zero-order valence-corrected chi connectivity index (χ0v) is 12.5. The molecule has 0 unspecified atom stereocenters. The van der Waals surface area contributed by atoms with Gasteiger partial charge in [0.15, 0.2) is 3.83 Å². The van der Waals surface area contributed by atoms with E-state index in [1.807, 2.05) is 22.6 Å². The molecule has 1 aromatic carbocycles. The van der Waals surface area contributed by atoms with Crippen molar-refractivity contribution in [3.63, 3.8) is 0 Å². The lowest BCUT2D eigenvalue weighted by Crippen LogP contribution is -2.26. The largest absolute Gasteiger partial charge is 0.418 e. The maximum Gasteiger partial charge on any atom is 0.418 e. The van der Waals surface area contributed by atoms with Gasteiger partial charge in [-0.05, 0) is 18.2 Å². The van der Waals surface area contributed by atoms with Crippen LogP contribution in [0.5, 0.6) is 0 Å². The zero-order valence-electron chi connectivity index (χ0n) is 10.3. The summed E-state index contributed by atoms with van der Waals surface area (Å²) in [5.74, 6) is 0. The highest BCUT2D eigenvalue weighted by atomic mass is 127. The SMILES string of the molecule is O=c1c2c(C(F)(F)F)ccn2nc(I)n1-c1ccccc1. The highest BCUT2D eigenvalue weighted by molar-refractivity contribution is 14.1. The van der Waals surface area contributed by atoms with E-state index >= 15 is 0 Å². The maximum atomic E-state index is 13.0. The van der Waals surface area contributed by atoms with Crippen molar-refractivity contribution in [2.24, 2.45) is 0 Å². The fraction of sp³-hybridized carbons (Fsp3) is 0.0769. The van der Waals surface area contributed by atoms with Crippen molar-refractivity contribution in [2.45, 2.75) is 6.18 Å². The minimum Gasteiger partial charge on any atom is -0.266 e. The summed E-state index contributed by atoms with van der Waals surface area (Å²) in [7, 11) is 0. The van der Waals surface area contributed by atoms with Gasteiger partial charge in [-0.1, -0.05) is 18.2 Å². The Morgan fingerprint density at radius 1 is 1.10 bits per heavy atom. The molecule has 0 radical (unpaired) electrons. The molecule has 3 rings (SSSR count). The maximum absolute atomic E-state index is 13.0. The van der Waals surface area contributed by atoms with Gasteiger partial charge >= 0.3 is 6.18 Å². The van der Waals surface area contributed by atoms with Crippen molar-refractivity contribution in [1.29, 1.82) is 0 Å². The van der Waals surface area contributed by atoms with Crippen LogP contribution < -0.4 is 5.56 Å². The van der Waals surface area contributed by atoms with Crippen molar-refractivity contribution in [3.05, 3.63) is 62.3 Å². The number of halogens is 4. The molecule has 0 atom stereocenters. The van der Waals surface area contributed by atoms with E-state index in [0.29, 0.717) is 5.69 Å². The molecule has 0 amide bonds. The first-order chi connectivity index (χ1) is 9.89. The number of nitrogens with zero attached hydrogens (tertiary/aromatic N) is 3. The second-order valence-corrected chi connectivity index (χ2v) is 5.23. The number of rotatable bonds is 1. The van der Waals surface area contributed by atoms with Gasteiger partial charge < -0.3 is 0 Å². The lowest BCUT2D eigenvalue weighted by atomic mass is 10.2. The van der Waals surface area contributed by atoms with Crippen molar-refractivity contribution >= 4 is 28.1 Å². The Hall–Kier alpha value is -1.84. The Morgan fingerprint density at radius 3 is 2.38 bits per heavy atom. The third-order valence-electron chi connectivity index (χ3n) is 2.97. The molecular formula is C13H7F3IN3O. The second-order valence-electron chi connectivity index (χ2n) is 4.27. The first-order valence-corrected chi connectivity index (χ1v) is 6.90. The molecule has 0 aliphatic heterocycles. The molecule has 108 valence electrons. The molecule has 2 heterocycles. The van der Waals surface area contributed by atoms with Crippen LogP contribution in [0.4, 0.5) is 13.2 Å². The molecule has 0 N–H and O–H groups in total. The van der Waals surface area contributed by atoms with Crippen molar-refractivity contribution in [2.75, 3.05) is 0 Å². The average Bonchev–Trinajstić information content (AvgIpc) is 2.84. The van der Waals surface area contributed by atoms with Gasteiger partial charge in [-0.3, -0.25) is 9.36 Å². The van der Waals surface area contributed by atoms with Crippen LogP contribution in [0.3, 0.4) is 0 Å². The van der Waals surface area contributed by atoms with Crippen LogP contribution in [-0.4, -0.2) is 14.2 Å². The molecule has 0 fully saturated rings. The van der Waals surface area contributed by atoms with Gasteiger partial charge in [0, 0.05) is 28.8 Å². The summed E-state index contributed by atoms with van der Waals surface area (Å²) in [4.78, 5) is 12.5. The summed E-state index contributed by atoms with van der Waals surface area (Å²) in [6.45, 7) is 0. The van der Waals surface area contributed by atoms with Gasteiger partial charge in [0.05, 0.1) is 11.3 Å². The Bertz CT molecular complexity index is 868. The predicted octanol–water partition coefficient (Wildman–Crippen LogP) is 3.11. The molecule has 4 nitrogen and oxygen atoms in total. The molecule has 0 spiro atoms. The number of benzene rings is 1. The zero-order chi connectivity index (χ0) is 15.2. The standard InChI is InChI=1S/C13H7F3IN3O/c14-13(15,16)9-6-7-19-10(9)11(21)20(12(17)18-19)8-4-2-1-3-5-8/h1-7H. The summed E-state index contributed by atoms with van der Waals surface area (Å²) in [5, 5.41) is 4.01. The molecule has 0 aliphatic carbocycles. The van der Waals surface area contributed by atoms with Gasteiger partial charge in [-0.2, -0.15) is 13.2 Å². The van der Waals surface area contributed by atoms with Crippen molar-refractivity contribution < 1.29 is 13.2 Å². The first-order valence-electron chi connectivity index (χ1n) is 5.82. The number of alkyl halides is 3. The van der Waals surface area contributed by atoms with E-state index in [1.54, 1.807) is 30.3 Å². The summed E-state index contributed by atoms with van der Waals surface area (Å²) < 4.78 is 41.3. The molecule has 21 heavy (non-hydrogen) atoms. The lowest BCUT2D eigenvalue weighted by molar-refractivity contribution is -0.136. The Balaban J connectivity index is 2.40. The number of para-hydroxylation sites is 1. The average molecular weight is 405 g/mol. The fourth-order valence-electron chi connectivity index (χ4n) is 2.07. The number of aromatic nitrogens is 3. The third-order valence-corrected chi connectivity index (χ3v) is 3.67. The third kappa shape index (κ3) is 2.33. The van der Waals surface area contributed by atoms with Crippen molar-refractivity contribution in [1.82, 2.24) is 14.2 Å². The van der Waals surface area contributed by atoms with Gasteiger partial charge in [-0.15, -0.1) is 5.10 Å². The fourth-order valence-corrected chi connectivity index (χ4v) is 2.80. The molecule has 3 aromatic rings. The van der Waals surface area contributed by atoms with Gasteiger partial charge in [-0.25, -0.2) is 4.52 Å². The molecular weight excluding hydrogens is 398 g/mol. The van der Waals surface area contributed by atoms with E-state index < -0.39 is 22.8 Å². The smallest absolute Gasteiger partial charge is 0.266 e. The number of hydrogen-bond donors (Lipinski definition) is 0. The van der Waals surface area contributed by atoms with Crippen molar-refractivity contribution in [3.8, 4) is 5.69 Å².